The molecule has 8 nitrogen and oxygen atoms in total. The second-order valence-corrected chi connectivity index (χ2v) is 4.30. The van der Waals surface area contributed by atoms with Gasteiger partial charge in [0.25, 0.3) is 11.8 Å². The molecule has 0 spiro atoms. The van der Waals surface area contributed by atoms with E-state index in [9.17, 15) is 9.59 Å². The van der Waals surface area contributed by atoms with Crippen molar-refractivity contribution in [3.8, 4) is 5.75 Å². The largest absolute Gasteiger partial charge is 0.483 e. The molecule has 2 heterocycles. The van der Waals surface area contributed by atoms with Crippen LogP contribution in [0.1, 0.15) is 39.6 Å². The van der Waals surface area contributed by atoms with Crippen LogP contribution in [0, 0.1) is 0 Å². The van der Waals surface area contributed by atoms with Crippen LogP contribution in [0.25, 0.3) is 0 Å². The summed E-state index contributed by atoms with van der Waals surface area (Å²) in [5, 5.41) is 9.91. The Morgan fingerprint density at radius 1 is 1.43 bits per heavy atom. The number of hydrogen-bond acceptors (Lipinski definition) is 5. The van der Waals surface area contributed by atoms with Crippen LogP contribution in [0.3, 0.4) is 0 Å². The summed E-state index contributed by atoms with van der Waals surface area (Å²) in [5.74, 6) is -0.835. The Balaban J connectivity index is 2.30. The zero-order valence-corrected chi connectivity index (χ0v) is 11.6. The minimum atomic E-state index is -0.673. The van der Waals surface area contributed by atoms with Gasteiger partial charge in [-0.1, -0.05) is 0 Å². The predicted octanol–water partition coefficient (Wildman–Crippen LogP) is 0.403. The lowest BCUT2D eigenvalue weighted by atomic mass is 10.2. The summed E-state index contributed by atoms with van der Waals surface area (Å²) < 4.78 is 5.72. The lowest BCUT2D eigenvalue weighted by Crippen LogP contribution is -2.20. The molecule has 0 bridgehead atoms. The van der Waals surface area contributed by atoms with Crippen molar-refractivity contribution in [2.75, 3.05) is 7.05 Å². The number of ether oxygens (including phenoxy) is 1. The van der Waals surface area contributed by atoms with Crippen LogP contribution in [-0.2, 0) is 0 Å². The summed E-state index contributed by atoms with van der Waals surface area (Å²) in [5.41, 5.74) is 6.23. The van der Waals surface area contributed by atoms with Crippen LogP contribution in [0.2, 0.25) is 0 Å². The van der Waals surface area contributed by atoms with Crippen LogP contribution < -0.4 is 15.8 Å². The van der Waals surface area contributed by atoms with Crippen molar-refractivity contribution in [2.45, 2.75) is 13.0 Å². The zero-order valence-electron chi connectivity index (χ0n) is 11.6. The van der Waals surface area contributed by atoms with Crippen molar-refractivity contribution in [1.29, 1.82) is 0 Å². The van der Waals surface area contributed by atoms with Crippen molar-refractivity contribution in [2.24, 2.45) is 5.73 Å². The Labute approximate surface area is 120 Å². The number of aromatic amines is 1. The van der Waals surface area contributed by atoms with E-state index in [-0.39, 0.29) is 23.2 Å². The molecule has 0 aliphatic rings. The van der Waals surface area contributed by atoms with Crippen LogP contribution in [0.4, 0.5) is 0 Å². The van der Waals surface area contributed by atoms with Crippen LogP contribution in [-0.4, -0.2) is 34.0 Å². The number of amides is 2. The van der Waals surface area contributed by atoms with Crippen molar-refractivity contribution >= 4 is 11.8 Å². The maximum atomic E-state index is 11.8. The van der Waals surface area contributed by atoms with Crippen LogP contribution in [0.15, 0.2) is 24.5 Å². The van der Waals surface area contributed by atoms with E-state index in [4.69, 9.17) is 10.5 Å². The molecule has 0 saturated carbocycles. The quantitative estimate of drug-likeness (QED) is 0.735. The lowest BCUT2D eigenvalue weighted by molar-refractivity contribution is 0.0952. The molecule has 21 heavy (non-hydrogen) atoms. The van der Waals surface area contributed by atoms with Gasteiger partial charge in [-0.25, -0.2) is 0 Å². The molecule has 0 aromatic carbocycles. The first-order chi connectivity index (χ1) is 10.0. The summed E-state index contributed by atoms with van der Waals surface area (Å²) in [4.78, 5) is 25.7. The average Bonchev–Trinajstić information content (AvgIpc) is 2.91. The third-order valence-corrected chi connectivity index (χ3v) is 2.88. The predicted molar refractivity (Wildman–Crippen MR) is 73.8 cm³/mol. The minimum Gasteiger partial charge on any atom is -0.483 e. The number of rotatable bonds is 5. The first-order valence-electron chi connectivity index (χ1n) is 6.21. The lowest BCUT2D eigenvalue weighted by Gasteiger charge is -2.14. The number of aromatic nitrogens is 3. The maximum Gasteiger partial charge on any atom is 0.271 e. The molecule has 110 valence electrons. The Morgan fingerprint density at radius 3 is 2.76 bits per heavy atom. The normalized spacial score (nSPS) is 11.7. The van der Waals surface area contributed by atoms with Gasteiger partial charge in [0.15, 0.2) is 5.75 Å². The number of nitrogens with two attached hydrogens (primary N) is 1. The van der Waals surface area contributed by atoms with Gasteiger partial charge in [0.05, 0.1) is 6.20 Å². The number of hydrogen-bond donors (Lipinski definition) is 3. The number of nitrogens with zero attached hydrogens (tertiary/aromatic N) is 2. The van der Waals surface area contributed by atoms with E-state index in [2.05, 4.69) is 20.5 Å². The minimum absolute atomic E-state index is 0.101. The van der Waals surface area contributed by atoms with Gasteiger partial charge in [-0.2, -0.15) is 10.2 Å². The molecular weight excluding hydrogens is 274 g/mol. The fourth-order valence-corrected chi connectivity index (χ4v) is 1.75. The first kappa shape index (κ1) is 14.5. The van der Waals surface area contributed by atoms with Crippen molar-refractivity contribution in [3.63, 3.8) is 0 Å². The monoisotopic (exact) mass is 289 g/mol. The highest BCUT2D eigenvalue weighted by molar-refractivity contribution is 5.99. The fourth-order valence-electron chi connectivity index (χ4n) is 1.75. The number of H-pyrrole nitrogens is 1. The van der Waals surface area contributed by atoms with Gasteiger partial charge in [0.2, 0.25) is 0 Å². The number of carbonyl (C=O) groups excluding carboxylic acids is 2. The molecule has 0 aliphatic heterocycles. The second kappa shape index (κ2) is 6.04. The molecular formula is C13H15N5O3. The molecule has 0 unspecified atom stereocenters. The summed E-state index contributed by atoms with van der Waals surface area (Å²) in [7, 11) is 1.48. The van der Waals surface area contributed by atoms with E-state index >= 15 is 0 Å². The van der Waals surface area contributed by atoms with E-state index in [0.717, 1.165) is 5.56 Å². The molecule has 0 radical (unpaired) electrons. The smallest absolute Gasteiger partial charge is 0.271 e. The Bertz CT molecular complexity index is 653. The third kappa shape index (κ3) is 3.16. The van der Waals surface area contributed by atoms with Gasteiger partial charge in [0, 0.05) is 24.9 Å². The highest BCUT2D eigenvalue weighted by Gasteiger charge is 2.20. The molecule has 0 aliphatic carbocycles. The molecule has 1 atom stereocenters. The van der Waals surface area contributed by atoms with Crippen molar-refractivity contribution < 1.29 is 14.3 Å². The summed E-state index contributed by atoms with van der Waals surface area (Å²) in [6.45, 7) is 1.79. The van der Waals surface area contributed by atoms with Gasteiger partial charge >= 0.3 is 0 Å². The van der Waals surface area contributed by atoms with Crippen LogP contribution in [0.5, 0.6) is 5.75 Å². The standard InChI is InChI=1S/C13H15N5O3/c1-7(8-3-4-16-17-6-8)21-10-5-9(12(14)19)18-11(10)13(20)15-2/h3-7,18H,1-2H3,(H2,14,19)(H,15,20)/t7-/m1/s1. The zero-order chi connectivity index (χ0) is 15.4. The van der Waals surface area contributed by atoms with Crippen molar-refractivity contribution in [1.82, 2.24) is 20.5 Å². The molecule has 2 rings (SSSR count). The molecule has 8 heteroatoms. The molecule has 0 saturated heterocycles. The molecule has 4 N–H and O–H groups in total. The Morgan fingerprint density at radius 2 is 2.19 bits per heavy atom. The van der Waals surface area contributed by atoms with Crippen molar-refractivity contribution in [3.05, 3.63) is 41.5 Å². The maximum absolute atomic E-state index is 11.8. The second-order valence-electron chi connectivity index (χ2n) is 4.30. The third-order valence-electron chi connectivity index (χ3n) is 2.88. The number of primary amides is 1. The van der Waals surface area contributed by atoms with Crippen LogP contribution >= 0.6 is 0 Å². The highest BCUT2D eigenvalue weighted by atomic mass is 16.5. The van der Waals surface area contributed by atoms with Gasteiger partial charge in [-0.3, -0.25) is 9.59 Å². The Hall–Kier alpha value is -2.90. The van der Waals surface area contributed by atoms with E-state index in [1.807, 2.05) is 0 Å². The van der Waals surface area contributed by atoms with E-state index in [1.165, 1.54) is 13.1 Å². The van der Waals surface area contributed by atoms with Gasteiger partial charge in [0.1, 0.15) is 17.5 Å². The summed E-state index contributed by atoms with van der Waals surface area (Å²) in [6, 6.07) is 3.15. The summed E-state index contributed by atoms with van der Waals surface area (Å²) in [6.07, 6.45) is 2.73. The van der Waals surface area contributed by atoms with E-state index < -0.39 is 11.8 Å². The number of nitrogens with one attached hydrogen (secondary N) is 2. The topological polar surface area (TPSA) is 123 Å². The molecule has 2 amide bonds. The van der Waals surface area contributed by atoms with Gasteiger partial charge in [-0.15, -0.1) is 0 Å². The molecule has 2 aromatic heterocycles. The molecule has 0 fully saturated rings. The van der Waals surface area contributed by atoms with Gasteiger partial charge < -0.3 is 20.8 Å². The number of carbonyl (C=O) groups is 2. The fraction of sp³-hybridized carbons (Fsp3) is 0.231. The molecule has 2 aromatic rings. The Kier molecular flexibility index (Phi) is 4.17. The van der Waals surface area contributed by atoms with Gasteiger partial charge in [-0.05, 0) is 13.0 Å². The highest BCUT2D eigenvalue weighted by Crippen LogP contribution is 2.26. The SMILES string of the molecule is CNC(=O)c1[nH]c(C(N)=O)cc1O[C@H](C)c1ccnnc1. The van der Waals surface area contributed by atoms with E-state index in [1.54, 1.807) is 25.4 Å². The first-order valence-corrected chi connectivity index (χ1v) is 6.21. The average molecular weight is 289 g/mol. The summed E-state index contributed by atoms with van der Waals surface area (Å²) >= 11 is 0. The van der Waals surface area contributed by atoms with E-state index in [0.29, 0.717) is 0 Å².